The van der Waals surface area contributed by atoms with Crippen molar-refractivity contribution in [2.24, 2.45) is 5.92 Å². The van der Waals surface area contributed by atoms with Gasteiger partial charge < -0.3 is 9.84 Å². The Hall–Kier alpha value is -0.220. The number of ether oxygens (including phenoxy) is 1. The van der Waals surface area contributed by atoms with E-state index in [1.165, 1.54) is 0 Å². The quantitative estimate of drug-likeness (QED) is 0.653. The maximum atomic E-state index is 11.4. The number of aliphatic hydroxyl groups excluding tert-OH is 1. The lowest BCUT2D eigenvalue weighted by Gasteiger charge is -2.30. The summed E-state index contributed by atoms with van der Waals surface area (Å²) >= 11 is 0. The van der Waals surface area contributed by atoms with Gasteiger partial charge in [-0.15, -0.1) is 0 Å². The predicted molar refractivity (Wildman–Crippen MR) is 30.7 cm³/mol. The van der Waals surface area contributed by atoms with E-state index in [1.54, 1.807) is 0 Å². The van der Waals surface area contributed by atoms with E-state index in [2.05, 4.69) is 4.74 Å². The van der Waals surface area contributed by atoms with E-state index in [1.807, 2.05) is 0 Å². The zero-order chi connectivity index (χ0) is 7.56. The van der Waals surface area contributed by atoms with Crippen molar-refractivity contribution in [2.75, 3.05) is 6.61 Å². The number of hydrogen-bond acceptors (Lipinski definition) is 2. The lowest BCUT2D eigenvalue weighted by molar-refractivity contribution is -0.151. The van der Waals surface area contributed by atoms with Gasteiger partial charge in [-0.1, -0.05) is 0 Å². The van der Waals surface area contributed by atoms with Crippen LogP contribution in [0, 0.1) is 5.92 Å². The maximum Gasteiger partial charge on any atom is 0.345 e. The van der Waals surface area contributed by atoms with Gasteiger partial charge in [0.1, 0.15) is 0 Å². The first-order chi connectivity index (χ1) is 4.68. The molecule has 1 fully saturated rings. The summed E-state index contributed by atoms with van der Waals surface area (Å²) in [6.07, 6.45) is 0.922. The molecule has 1 saturated carbocycles. The van der Waals surface area contributed by atoms with Crippen LogP contribution in [0.3, 0.4) is 0 Å². The van der Waals surface area contributed by atoms with E-state index in [4.69, 9.17) is 5.11 Å². The Morgan fingerprint density at radius 1 is 1.50 bits per heavy atom. The second kappa shape index (κ2) is 3.25. The average molecular weight is 152 g/mol. The Bertz CT molecular complexity index is 102. The van der Waals surface area contributed by atoms with Crippen molar-refractivity contribution < 1.29 is 18.6 Å². The summed E-state index contributed by atoms with van der Waals surface area (Å²) in [5.74, 6) is 0.143. The summed E-state index contributed by atoms with van der Waals surface area (Å²) in [6, 6.07) is 0. The van der Waals surface area contributed by atoms with E-state index < -0.39 is 6.61 Å². The Kier molecular flexibility index (Phi) is 2.56. The average Bonchev–Trinajstić information content (AvgIpc) is 1.77. The van der Waals surface area contributed by atoms with Gasteiger partial charge in [0.25, 0.3) is 0 Å². The van der Waals surface area contributed by atoms with Gasteiger partial charge in [-0.3, -0.25) is 0 Å². The van der Waals surface area contributed by atoms with Crippen molar-refractivity contribution in [3.8, 4) is 0 Å². The van der Waals surface area contributed by atoms with Gasteiger partial charge in [0, 0.05) is 0 Å². The molecule has 4 heteroatoms. The number of rotatable bonds is 3. The zero-order valence-corrected chi connectivity index (χ0v) is 5.46. The SMILES string of the molecule is OC1CC(COC(F)F)C1. The van der Waals surface area contributed by atoms with Gasteiger partial charge >= 0.3 is 6.61 Å². The van der Waals surface area contributed by atoms with Crippen LogP contribution in [-0.2, 0) is 4.74 Å². The summed E-state index contributed by atoms with van der Waals surface area (Å²) in [5.41, 5.74) is 0. The maximum absolute atomic E-state index is 11.4. The predicted octanol–water partition coefficient (Wildman–Crippen LogP) is 0.997. The van der Waals surface area contributed by atoms with Crippen LogP contribution in [0.25, 0.3) is 0 Å². The third-order valence-corrected chi connectivity index (χ3v) is 1.67. The molecule has 0 bridgehead atoms. The Morgan fingerprint density at radius 3 is 2.50 bits per heavy atom. The highest BCUT2D eigenvalue weighted by Gasteiger charge is 2.27. The van der Waals surface area contributed by atoms with Crippen LogP contribution in [0.4, 0.5) is 8.78 Å². The molecule has 60 valence electrons. The van der Waals surface area contributed by atoms with Crippen molar-refractivity contribution in [1.82, 2.24) is 0 Å². The molecule has 0 saturated heterocycles. The molecule has 1 aliphatic rings. The summed E-state index contributed by atoms with van der Waals surface area (Å²) in [7, 11) is 0. The monoisotopic (exact) mass is 152 g/mol. The van der Waals surface area contributed by atoms with Crippen molar-refractivity contribution in [3.05, 3.63) is 0 Å². The zero-order valence-electron chi connectivity index (χ0n) is 5.46. The fourth-order valence-corrected chi connectivity index (χ4v) is 1.05. The number of aliphatic hydroxyl groups is 1. The first kappa shape index (κ1) is 7.88. The number of hydrogen-bond donors (Lipinski definition) is 1. The van der Waals surface area contributed by atoms with E-state index in [0.29, 0.717) is 12.8 Å². The number of alkyl halides is 2. The summed E-state index contributed by atoms with van der Waals surface area (Å²) in [6.45, 7) is -2.59. The van der Waals surface area contributed by atoms with Crippen LogP contribution < -0.4 is 0 Å². The summed E-state index contributed by atoms with van der Waals surface area (Å²) in [4.78, 5) is 0. The molecule has 2 nitrogen and oxygen atoms in total. The van der Waals surface area contributed by atoms with Gasteiger partial charge in [-0.25, -0.2) is 0 Å². The van der Waals surface area contributed by atoms with Gasteiger partial charge in [0.05, 0.1) is 12.7 Å². The fourth-order valence-electron chi connectivity index (χ4n) is 1.05. The van der Waals surface area contributed by atoms with Crippen LogP contribution >= 0.6 is 0 Å². The van der Waals surface area contributed by atoms with Crippen LogP contribution in [0.2, 0.25) is 0 Å². The minimum absolute atomic E-state index is 0.0781. The van der Waals surface area contributed by atoms with Gasteiger partial charge in [-0.2, -0.15) is 8.78 Å². The molecule has 0 heterocycles. The fraction of sp³-hybridized carbons (Fsp3) is 1.00. The normalized spacial score (nSPS) is 32.4. The molecule has 0 unspecified atom stereocenters. The van der Waals surface area contributed by atoms with E-state index >= 15 is 0 Å². The first-order valence-corrected chi connectivity index (χ1v) is 3.26. The molecule has 1 aliphatic carbocycles. The van der Waals surface area contributed by atoms with Crippen LogP contribution in [0.5, 0.6) is 0 Å². The first-order valence-electron chi connectivity index (χ1n) is 3.26. The van der Waals surface area contributed by atoms with E-state index in [0.717, 1.165) is 0 Å². The lowest BCUT2D eigenvalue weighted by atomic mass is 9.83. The minimum Gasteiger partial charge on any atom is -0.393 e. The van der Waals surface area contributed by atoms with Crippen molar-refractivity contribution in [2.45, 2.75) is 25.6 Å². The molecular formula is C6H10F2O2. The molecule has 0 atom stereocenters. The second-order valence-corrected chi connectivity index (χ2v) is 2.59. The van der Waals surface area contributed by atoms with E-state index in [-0.39, 0.29) is 18.6 Å². The number of halogens is 2. The molecule has 1 N–H and O–H groups in total. The van der Waals surface area contributed by atoms with E-state index in [9.17, 15) is 8.78 Å². The molecule has 0 aliphatic heterocycles. The van der Waals surface area contributed by atoms with Crippen molar-refractivity contribution in [1.29, 1.82) is 0 Å². The molecule has 0 aromatic carbocycles. The molecule has 0 spiro atoms. The molecule has 10 heavy (non-hydrogen) atoms. The molecule has 1 rings (SSSR count). The molecule has 0 aromatic rings. The third-order valence-electron chi connectivity index (χ3n) is 1.67. The van der Waals surface area contributed by atoms with Crippen LogP contribution in [-0.4, -0.2) is 24.4 Å². The molecule has 0 amide bonds. The molecule has 0 radical (unpaired) electrons. The molecular weight excluding hydrogens is 142 g/mol. The third kappa shape index (κ3) is 2.19. The highest BCUT2D eigenvalue weighted by molar-refractivity contribution is 4.77. The Labute approximate surface area is 57.8 Å². The molecule has 0 aromatic heterocycles. The van der Waals surface area contributed by atoms with Gasteiger partial charge in [-0.05, 0) is 18.8 Å². The Balaban J connectivity index is 1.95. The lowest BCUT2D eigenvalue weighted by Crippen LogP contribution is -2.32. The Morgan fingerprint density at radius 2 is 2.10 bits per heavy atom. The van der Waals surface area contributed by atoms with Crippen LogP contribution in [0.15, 0.2) is 0 Å². The highest BCUT2D eigenvalue weighted by atomic mass is 19.3. The van der Waals surface area contributed by atoms with Gasteiger partial charge in [0.15, 0.2) is 0 Å². The standard InChI is InChI=1S/C6H10F2O2/c7-6(8)10-3-4-1-5(9)2-4/h4-6,9H,1-3H2. The van der Waals surface area contributed by atoms with Crippen LogP contribution in [0.1, 0.15) is 12.8 Å². The second-order valence-electron chi connectivity index (χ2n) is 2.59. The smallest absolute Gasteiger partial charge is 0.345 e. The highest BCUT2D eigenvalue weighted by Crippen LogP contribution is 2.27. The van der Waals surface area contributed by atoms with Crippen molar-refractivity contribution >= 4 is 0 Å². The topological polar surface area (TPSA) is 29.5 Å². The summed E-state index contributed by atoms with van der Waals surface area (Å²) in [5, 5.41) is 8.74. The largest absolute Gasteiger partial charge is 0.393 e. The van der Waals surface area contributed by atoms with Crippen molar-refractivity contribution in [3.63, 3.8) is 0 Å². The summed E-state index contributed by atoms with van der Waals surface area (Å²) < 4.78 is 26.8. The van der Waals surface area contributed by atoms with Gasteiger partial charge in [0.2, 0.25) is 0 Å². The minimum atomic E-state index is -2.67.